The highest BCUT2D eigenvalue weighted by Crippen LogP contribution is 2.49. The zero-order valence-electron chi connectivity index (χ0n) is 17.0. The molecule has 5 unspecified atom stereocenters. The van der Waals surface area contributed by atoms with E-state index in [-0.39, 0.29) is 30.3 Å². The molecular weight excluding hydrogens is 360 g/mol. The van der Waals surface area contributed by atoms with Gasteiger partial charge in [0.15, 0.2) is 0 Å². The van der Waals surface area contributed by atoms with Crippen molar-refractivity contribution >= 4 is 11.8 Å². The van der Waals surface area contributed by atoms with Gasteiger partial charge in [-0.25, -0.2) is 0 Å². The normalized spacial score (nSPS) is 24.7. The maximum Gasteiger partial charge on any atom is 0.251 e. The molecule has 4 nitrogen and oxygen atoms in total. The molecule has 2 aromatic carbocycles. The van der Waals surface area contributed by atoms with Gasteiger partial charge < -0.3 is 10.6 Å². The van der Waals surface area contributed by atoms with Gasteiger partial charge in [0.1, 0.15) is 0 Å². The first-order valence-electron chi connectivity index (χ1n) is 10.8. The molecule has 0 aromatic heterocycles. The molecule has 0 aliphatic heterocycles. The predicted molar refractivity (Wildman–Crippen MR) is 114 cm³/mol. The molecular formula is C25H30N2O2. The summed E-state index contributed by atoms with van der Waals surface area (Å²) >= 11 is 0. The number of carbonyl (C=O) groups excluding carboxylic acids is 2. The van der Waals surface area contributed by atoms with E-state index in [1.165, 1.54) is 25.7 Å². The highest BCUT2D eigenvalue weighted by molar-refractivity contribution is 5.94. The number of fused-ring (bicyclic) bond motifs is 2. The van der Waals surface area contributed by atoms with Crippen LogP contribution in [0.1, 0.15) is 61.0 Å². The third kappa shape index (κ3) is 4.69. The molecule has 2 saturated carbocycles. The molecule has 152 valence electrons. The van der Waals surface area contributed by atoms with E-state index in [2.05, 4.69) is 17.6 Å². The summed E-state index contributed by atoms with van der Waals surface area (Å²) in [5.41, 5.74) is 1.55. The summed E-state index contributed by atoms with van der Waals surface area (Å²) in [6, 6.07) is 18.7. The summed E-state index contributed by atoms with van der Waals surface area (Å²) in [5, 5.41) is 6.28. The number of hydrogen-bond acceptors (Lipinski definition) is 2. The van der Waals surface area contributed by atoms with Gasteiger partial charge in [0.25, 0.3) is 5.91 Å². The van der Waals surface area contributed by atoms with E-state index < -0.39 is 0 Å². The van der Waals surface area contributed by atoms with Crippen molar-refractivity contribution < 1.29 is 9.59 Å². The van der Waals surface area contributed by atoms with Gasteiger partial charge in [-0.15, -0.1) is 0 Å². The van der Waals surface area contributed by atoms with Gasteiger partial charge in [0.2, 0.25) is 5.91 Å². The summed E-state index contributed by atoms with van der Waals surface area (Å²) in [5.74, 6) is 2.09. The quantitative estimate of drug-likeness (QED) is 0.732. The SMILES string of the molecule is CC(NC(=O)CC(NC(=O)c1ccccc1)c1ccccc1)C1CC2CCC1C2. The van der Waals surface area contributed by atoms with Gasteiger partial charge in [0, 0.05) is 11.6 Å². The summed E-state index contributed by atoms with van der Waals surface area (Å²) in [6.07, 6.45) is 5.51. The lowest BCUT2D eigenvalue weighted by atomic mass is 9.84. The summed E-state index contributed by atoms with van der Waals surface area (Å²) < 4.78 is 0. The van der Waals surface area contributed by atoms with Gasteiger partial charge in [-0.2, -0.15) is 0 Å². The lowest BCUT2D eigenvalue weighted by molar-refractivity contribution is -0.122. The standard InChI is InChI=1S/C25H30N2O2/c1-17(22-15-18-12-13-21(22)14-18)26-24(28)16-23(19-8-4-2-5-9-19)27-25(29)20-10-6-3-7-11-20/h2-11,17-18,21-23H,12-16H2,1H3,(H,26,28)(H,27,29). The smallest absolute Gasteiger partial charge is 0.251 e. The Kier molecular flexibility index (Phi) is 5.98. The molecule has 0 saturated heterocycles. The van der Waals surface area contributed by atoms with Crippen LogP contribution in [0.2, 0.25) is 0 Å². The number of amides is 2. The van der Waals surface area contributed by atoms with E-state index >= 15 is 0 Å². The topological polar surface area (TPSA) is 58.2 Å². The van der Waals surface area contributed by atoms with Crippen molar-refractivity contribution in [2.24, 2.45) is 17.8 Å². The molecule has 5 atom stereocenters. The highest BCUT2D eigenvalue weighted by atomic mass is 16.2. The van der Waals surface area contributed by atoms with Crippen LogP contribution in [-0.2, 0) is 4.79 Å². The molecule has 2 aromatic rings. The average Bonchev–Trinajstić information content (AvgIpc) is 3.38. The van der Waals surface area contributed by atoms with E-state index in [0.717, 1.165) is 17.4 Å². The molecule has 2 bridgehead atoms. The minimum Gasteiger partial charge on any atom is -0.353 e. The largest absolute Gasteiger partial charge is 0.353 e. The van der Waals surface area contributed by atoms with E-state index in [1.54, 1.807) is 12.1 Å². The van der Waals surface area contributed by atoms with Crippen molar-refractivity contribution in [3.63, 3.8) is 0 Å². The van der Waals surface area contributed by atoms with E-state index in [9.17, 15) is 9.59 Å². The van der Waals surface area contributed by atoms with Crippen LogP contribution in [0.3, 0.4) is 0 Å². The van der Waals surface area contributed by atoms with Crippen molar-refractivity contribution in [3.05, 3.63) is 71.8 Å². The number of carbonyl (C=O) groups is 2. The number of rotatable bonds is 7. The Morgan fingerprint density at radius 3 is 2.24 bits per heavy atom. The fourth-order valence-electron chi connectivity index (χ4n) is 5.28. The van der Waals surface area contributed by atoms with Crippen LogP contribution in [-0.4, -0.2) is 17.9 Å². The van der Waals surface area contributed by atoms with Crippen molar-refractivity contribution in [3.8, 4) is 0 Å². The maximum absolute atomic E-state index is 12.9. The van der Waals surface area contributed by atoms with Crippen LogP contribution in [0.15, 0.2) is 60.7 Å². The number of nitrogens with one attached hydrogen (secondary N) is 2. The molecule has 2 amide bonds. The third-order valence-electron chi connectivity index (χ3n) is 6.76. The molecule has 29 heavy (non-hydrogen) atoms. The Morgan fingerprint density at radius 2 is 1.62 bits per heavy atom. The molecule has 0 spiro atoms. The van der Waals surface area contributed by atoms with Gasteiger partial charge in [0.05, 0.1) is 12.5 Å². The van der Waals surface area contributed by atoms with E-state index in [4.69, 9.17) is 0 Å². The summed E-state index contributed by atoms with van der Waals surface area (Å²) in [4.78, 5) is 25.5. The lowest BCUT2D eigenvalue weighted by Crippen LogP contribution is -2.42. The molecule has 2 aliphatic rings. The zero-order valence-corrected chi connectivity index (χ0v) is 17.0. The molecule has 4 heteroatoms. The third-order valence-corrected chi connectivity index (χ3v) is 6.76. The first kappa shape index (κ1) is 19.7. The van der Waals surface area contributed by atoms with Crippen LogP contribution in [0, 0.1) is 17.8 Å². The molecule has 2 N–H and O–H groups in total. The summed E-state index contributed by atoms with van der Waals surface area (Å²) in [6.45, 7) is 2.14. The van der Waals surface area contributed by atoms with Crippen molar-refractivity contribution in [2.45, 2.75) is 51.1 Å². The van der Waals surface area contributed by atoms with E-state index in [1.807, 2.05) is 48.5 Å². The fraction of sp³-hybridized carbons (Fsp3) is 0.440. The van der Waals surface area contributed by atoms with Crippen LogP contribution in [0.5, 0.6) is 0 Å². The highest BCUT2D eigenvalue weighted by Gasteiger charge is 2.42. The fourth-order valence-corrected chi connectivity index (χ4v) is 5.28. The second-order valence-corrected chi connectivity index (χ2v) is 8.70. The van der Waals surface area contributed by atoms with Crippen LogP contribution in [0.4, 0.5) is 0 Å². The monoisotopic (exact) mass is 390 g/mol. The second kappa shape index (κ2) is 8.81. The first-order chi connectivity index (χ1) is 14.1. The Hall–Kier alpha value is -2.62. The first-order valence-corrected chi connectivity index (χ1v) is 10.8. The van der Waals surface area contributed by atoms with Crippen molar-refractivity contribution in [1.82, 2.24) is 10.6 Å². The second-order valence-electron chi connectivity index (χ2n) is 8.70. The Bertz CT molecular complexity index is 836. The maximum atomic E-state index is 12.9. The molecule has 2 fully saturated rings. The number of hydrogen-bond donors (Lipinski definition) is 2. The van der Waals surface area contributed by atoms with Gasteiger partial charge >= 0.3 is 0 Å². The zero-order chi connectivity index (χ0) is 20.2. The molecule has 0 radical (unpaired) electrons. The molecule has 0 heterocycles. The Balaban J connectivity index is 1.41. The minimum atomic E-state index is -0.351. The van der Waals surface area contributed by atoms with Gasteiger partial charge in [-0.1, -0.05) is 55.0 Å². The van der Waals surface area contributed by atoms with Crippen LogP contribution < -0.4 is 10.6 Å². The lowest BCUT2D eigenvalue weighted by Gasteiger charge is -2.29. The van der Waals surface area contributed by atoms with Crippen LogP contribution >= 0.6 is 0 Å². The van der Waals surface area contributed by atoms with Gasteiger partial charge in [-0.05, 0) is 61.6 Å². The van der Waals surface area contributed by atoms with Crippen molar-refractivity contribution in [1.29, 1.82) is 0 Å². The summed E-state index contributed by atoms with van der Waals surface area (Å²) in [7, 11) is 0. The molecule has 4 rings (SSSR count). The average molecular weight is 391 g/mol. The number of benzene rings is 2. The minimum absolute atomic E-state index is 0.00230. The van der Waals surface area contributed by atoms with Crippen molar-refractivity contribution in [2.75, 3.05) is 0 Å². The van der Waals surface area contributed by atoms with Crippen LogP contribution in [0.25, 0.3) is 0 Å². The molecule has 2 aliphatic carbocycles. The Morgan fingerprint density at radius 1 is 0.931 bits per heavy atom. The van der Waals surface area contributed by atoms with Gasteiger partial charge in [-0.3, -0.25) is 9.59 Å². The van der Waals surface area contributed by atoms with E-state index in [0.29, 0.717) is 11.5 Å². The Labute approximate surface area is 173 Å². The predicted octanol–water partition coefficient (Wildman–Crippen LogP) is 4.49.